The van der Waals surface area contributed by atoms with Gasteiger partial charge in [0.2, 0.25) is 0 Å². The van der Waals surface area contributed by atoms with E-state index in [0.717, 1.165) is 4.90 Å². The number of nitrogens with zero attached hydrogens (tertiary/aromatic N) is 1. The van der Waals surface area contributed by atoms with Gasteiger partial charge in [-0.15, -0.1) is 0 Å². The number of hydrogen-bond donors (Lipinski definition) is 1. The number of likely N-dealkylation sites (N-methyl/N-ethyl adjacent to an activating group) is 1. The molecule has 0 spiro atoms. The van der Waals surface area contributed by atoms with E-state index in [4.69, 9.17) is 9.84 Å². The smallest absolute Gasteiger partial charge is 0.394 e. The lowest BCUT2D eigenvalue weighted by atomic mass is 10.5. The van der Waals surface area contributed by atoms with Crippen molar-refractivity contribution in [3.05, 3.63) is 0 Å². The SMILES string of the molecule is CCOCCN(C)C(=O)C(=O)O. The zero-order valence-corrected chi connectivity index (χ0v) is 7.24. The number of carbonyl (C=O) groups excluding carboxylic acids is 1. The molecular formula is C7H13NO4. The first-order valence-electron chi connectivity index (χ1n) is 3.65. The molecule has 0 fully saturated rings. The fraction of sp³-hybridized carbons (Fsp3) is 0.714. The minimum Gasteiger partial charge on any atom is -0.474 e. The molecule has 0 aromatic heterocycles. The maximum absolute atomic E-state index is 10.7. The summed E-state index contributed by atoms with van der Waals surface area (Å²) in [5.41, 5.74) is 0. The molecule has 0 bridgehead atoms. The number of rotatable bonds is 4. The van der Waals surface area contributed by atoms with Gasteiger partial charge in [-0.3, -0.25) is 4.79 Å². The molecule has 0 heterocycles. The van der Waals surface area contributed by atoms with Crippen molar-refractivity contribution in [3.8, 4) is 0 Å². The van der Waals surface area contributed by atoms with Gasteiger partial charge in [-0.2, -0.15) is 0 Å². The van der Waals surface area contributed by atoms with Gasteiger partial charge in [-0.05, 0) is 6.92 Å². The third kappa shape index (κ3) is 3.92. The van der Waals surface area contributed by atoms with Gasteiger partial charge in [-0.25, -0.2) is 4.79 Å². The normalized spacial score (nSPS) is 9.50. The fourth-order valence-corrected chi connectivity index (χ4v) is 0.611. The molecule has 0 aliphatic carbocycles. The van der Waals surface area contributed by atoms with Crippen molar-refractivity contribution < 1.29 is 19.4 Å². The summed E-state index contributed by atoms with van der Waals surface area (Å²) in [6.45, 7) is 3.07. The largest absolute Gasteiger partial charge is 0.474 e. The summed E-state index contributed by atoms with van der Waals surface area (Å²) < 4.78 is 4.95. The number of aliphatic carboxylic acids is 1. The highest BCUT2D eigenvalue weighted by molar-refractivity contribution is 6.31. The van der Waals surface area contributed by atoms with Gasteiger partial charge in [0.15, 0.2) is 0 Å². The minimum atomic E-state index is -1.44. The number of amides is 1. The van der Waals surface area contributed by atoms with E-state index in [-0.39, 0.29) is 0 Å². The Labute approximate surface area is 70.9 Å². The van der Waals surface area contributed by atoms with Gasteiger partial charge in [0.05, 0.1) is 6.61 Å². The zero-order valence-electron chi connectivity index (χ0n) is 7.24. The van der Waals surface area contributed by atoms with Gasteiger partial charge >= 0.3 is 11.9 Å². The van der Waals surface area contributed by atoms with E-state index in [9.17, 15) is 9.59 Å². The van der Waals surface area contributed by atoms with Crippen LogP contribution in [0.15, 0.2) is 0 Å². The molecule has 0 aromatic rings. The van der Waals surface area contributed by atoms with Gasteiger partial charge in [0.25, 0.3) is 0 Å². The topological polar surface area (TPSA) is 66.8 Å². The fourth-order valence-electron chi connectivity index (χ4n) is 0.611. The van der Waals surface area contributed by atoms with Crippen molar-refractivity contribution in [2.24, 2.45) is 0 Å². The van der Waals surface area contributed by atoms with E-state index >= 15 is 0 Å². The lowest BCUT2D eigenvalue weighted by Crippen LogP contribution is -2.35. The number of carboxylic acid groups (broad SMARTS) is 1. The average molecular weight is 175 g/mol. The van der Waals surface area contributed by atoms with Crippen molar-refractivity contribution in [3.63, 3.8) is 0 Å². The first kappa shape index (κ1) is 10.9. The van der Waals surface area contributed by atoms with Crippen LogP contribution in [0.3, 0.4) is 0 Å². The van der Waals surface area contributed by atoms with E-state index in [2.05, 4.69) is 0 Å². The lowest BCUT2D eigenvalue weighted by Gasteiger charge is -2.13. The van der Waals surface area contributed by atoms with Crippen LogP contribution in [0, 0.1) is 0 Å². The molecule has 0 saturated carbocycles. The van der Waals surface area contributed by atoms with E-state index in [1.165, 1.54) is 7.05 Å². The molecule has 0 atom stereocenters. The molecule has 0 aliphatic heterocycles. The molecule has 5 heteroatoms. The van der Waals surface area contributed by atoms with Crippen molar-refractivity contribution >= 4 is 11.9 Å². The van der Waals surface area contributed by atoms with Crippen molar-refractivity contribution in [1.29, 1.82) is 0 Å². The molecule has 0 aromatic carbocycles. The van der Waals surface area contributed by atoms with Crippen molar-refractivity contribution in [2.75, 3.05) is 26.8 Å². The standard InChI is InChI=1S/C7H13NO4/c1-3-12-5-4-8(2)6(9)7(10)11/h3-5H2,1-2H3,(H,10,11). The number of ether oxygens (including phenoxy) is 1. The minimum absolute atomic E-state index is 0.305. The first-order chi connectivity index (χ1) is 5.59. The molecule has 70 valence electrons. The summed E-state index contributed by atoms with van der Waals surface area (Å²) in [4.78, 5) is 22.0. The van der Waals surface area contributed by atoms with Crippen LogP contribution in [0.1, 0.15) is 6.92 Å². The number of hydrogen-bond acceptors (Lipinski definition) is 3. The van der Waals surface area contributed by atoms with E-state index in [0.29, 0.717) is 19.8 Å². The molecule has 0 aliphatic rings. The van der Waals surface area contributed by atoms with Crippen LogP contribution in [0.4, 0.5) is 0 Å². The summed E-state index contributed by atoms with van der Waals surface area (Å²) in [7, 11) is 1.43. The maximum Gasteiger partial charge on any atom is 0.394 e. The molecule has 0 saturated heterocycles. The summed E-state index contributed by atoms with van der Waals surface area (Å²) in [5, 5.41) is 8.28. The van der Waals surface area contributed by atoms with Crippen LogP contribution >= 0.6 is 0 Å². The van der Waals surface area contributed by atoms with Crippen LogP contribution in [0.2, 0.25) is 0 Å². The summed E-state index contributed by atoms with van der Waals surface area (Å²) >= 11 is 0. The monoisotopic (exact) mass is 175 g/mol. The Kier molecular flexibility index (Phi) is 5.03. The Balaban J connectivity index is 3.64. The third-order valence-corrected chi connectivity index (χ3v) is 1.30. The third-order valence-electron chi connectivity index (χ3n) is 1.30. The Morgan fingerprint density at radius 3 is 2.50 bits per heavy atom. The average Bonchev–Trinajstić information content (AvgIpc) is 2.03. The maximum atomic E-state index is 10.7. The molecule has 5 nitrogen and oxygen atoms in total. The lowest BCUT2D eigenvalue weighted by molar-refractivity contribution is -0.155. The second-order valence-electron chi connectivity index (χ2n) is 2.23. The molecule has 1 N–H and O–H groups in total. The zero-order chi connectivity index (χ0) is 9.56. The van der Waals surface area contributed by atoms with E-state index < -0.39 is 11.9 Å². The molecule has 0 rings (SSSR count). The molecule has 1 amide bonds. The highest BCUT2D eigenvalue weighted by atomic mass is 16.5. The Morgan fingerprint density at radius 2 is 2.08 bits per heavy atom. The van der Waals surface area contributed by atoms with Crippen LogP contribution in [0.25, 0.3) is 0 Å². The van der Waals surface area contributed by atoms with Crippen molar-refractivity contribution in [2.45, 2.75) is 6.92 Å². The van der Waals surface area contributed by atoms with Crippen molar-refractivity contribution in [1.82, 2.24) is 4.90 Å². The molecule has 0 radical (unpaired) electrons. The Hall–Kier alpha value is -1.10. The van der Waals surface area contributed by atoms with Gasteiger partial charge in [-0.1, -0.05) is 0 Å². The number of carbonyl (C=O) groups is 2. The van der Waals surface area contributed by atoms with Crippen LogP contribution in [-0.4, -0.2) is 48.7 Å². The highest BCUT2D eigenvalue weighted by Crippen LogP contribution is 1.85. The van der Waals surface area contributed by atoms with E-state index in [1.54, 1.807) is 0 Å². The second-order valence-corrected chi connectivity index (χ2v) is 2.23. The molecule has 12 heavy (non-hydrogen) atoms. The van der Waals surface area contributed by atoms with Gasteiger partial charge < -0.3 is 14.7 Å². The molecular weight excluding hydrogens is 162 g/mol. The van der Waals surface area contributed by atoms with E-state index in [1.807, 2.05) is 6.92 Å². The quantitative estimate of drug-likeness (QED) is 0.465. The summed E-state index contributed by atoms with van der Waals surface area (Å²) in [6, 6.07) is 0. The van der Waals surface area contributed by atoms with Gasteiger partial charge in [0, 0.05) is 20.2 Å². The Morgan fingerprint density at radius 1 is 1.50 bits per heavy atom. The van der Waals surface area contributed by atoms with Crippen LogP contribution < -0.4 is 0 Å². The second kappa shape index (κ2) is 5.54. The Bertz CT molecular complexity index is 169. The first-order valence-corrected chi connectivity index (χ1v) is 3.65. The predicted molar refractivity (Wildman–Crippen MR) is 41.8 cm³/mol. The number of carboxylic acids is 1. The summed E-state index contributed by atoms with van der Waals surface area (Å²) in [6.07, 6.45) is 0. The summed E-state index contributed by atoms with van der Waals surface area (Å²) in [5.74, 6) is -2.34. The predicted octanol–water partition coefficient (Wildman–Crippen LogP) is -0.434. The van der Waals surface area contributed by atoms with Crippen LogP contribution in [-0.2, 0) is 14.3 Å². The highest BCUT2D eigenvalue weighted by Gasteiger charge is 2.15. The van der Waals surface area contributed by atoms with Crippen LogP contribution in [0.5, 0.6) is 0 Å². The van der Waals surface area contributed by atoms with Gasteiger partial charge in [0.1, 0.15) is 0 Å². The molecule has 0 unspecified atom stereocenters.